The molecule has 3 nitrogen and oxygen atoms in total. The average molecular weight is 426 g/mol. The quantitative estimate of drug-likeness (QED) is 0.542. The Labute approximate surface area is 168 Å². The van der Waals surface area contributed by atoms with Gasteiger partial charge in [0, 0.05) is 35.6 Å². The molecule has 0 saturated heterocycles. The van der Waals surface area contributed by atoms with Crippen molar-refractivity contribution in [1.82, 2.24) is 9.88 Å². The Morgan fingerprint density at radius 2 is 1.69 bits per heavy atom. The molecular formula is C21H20BrN3S. The van der Waals surface area contributed by atoms with Crippen LogP contribution in [0.3, 0.4) is 0 Å². The largest absolute Gasteiger partial charge is 0.340 e. The maximum absolute atomic E-state index is 5.70. The standard InChI is InChI=1S/C21H20BrN3S/c1-16-4-6-17(7-5-16)14-25(15-18-3-2-12-23-13-18)21(26)24-20-10-8-19(22)9-11-20/h2-13H,14-15H2,1H3,(H,24,26). The zero-order chi connectivity index (χ0) is 18.4. The Kier molecular flexibility index (Phi) is 6.36. The SMILES string of the molecule is Cc1ccc(CN(Cc2cccnc2)C(=S)Nc2ccc(Br)cc2)cc1. The molecule has 0 amide bonds. The molecule has 1 aromatic heterocycles. The van der Waals surface area contributed by atoms with Crippen molar-refractivity contribution in [3.63, 3.8) is 0 Å². The van der Waals surface area contributed by atoms with Crippen LogP contribution in [-0.4, -0.2) is 15.0 Å². The van der Waals surface area contributed by atoms with Crippen LogP contribution in [0.4, 0.5) is 5.69 Å². The lowest BCUT2D eigenvalue weighted by Crippen LogP contribution is -2.33. The minimum atomic E-state index is 0.691. The fourth-order valence-electron chi connectivity index (χ4n) is 2.56. The molecule has 0 radical (unpaired) electrons. The molecule has 3 rings (SSSR count). The summed E-state index contributed by atoms with van der Waals surface area (Å²) in [5.74, 6) is 0. The van der Waals surface area contributed by atoms with E-state index < -0.39 is 0 Å². The highest BCUT2D eigenvalue weighted by Gasteiger charge is 2.12. The molecule has 1 N–H and O–H groups in total. The topological polar surface area (TPSA) is 28.2 Å². The fraction of sp³-hybridized carbons (Fsp3) is 0.143. The van der Waals surface area contributed by atoms with Crippen LogP contribution in [0.25, 0.3) is 0 Å². The summed E-state index contributed by atoms with van der Waals surface area (Å²) in [5, 5.41) is 4.03. The van der Waals surface area contributed by atoms with Gasteiger partial charge < -0.3 is 10.2 Å². The Hall–Kier alpha value is -2.24. The Balaban J connectivity index is 1.77. The Bertz CT molecular complexity index is 849. The van der Waals surface area contributed by atoms with Crippen molar-refractivity contribution >= 4 is 38.9 Å². The third-order valence-corrected chi connectivity index (χ3v) is 4.86. The second kappa shape index (κ2) is 8.92. The van der Waals surface area contributed by atoms with Crippen LogP contribution in [0.5, 0.6) is 0 Å². The molecular weight excluding hydrogens is 406 g/mol. The fourth-order valence-corrected chi connectivity index (χ4v) is 3.07. The molecule has 3 aromatic rings. The van der Waals surface area contributed by atoms with Gasteiger partial charge in [0.05, 0.1) is 0 Å². The maximum atomic E-state index is 5.70. The number of rotatable bonds is 5. The average Bonchev–Trinajstić information content (AvgIpc) is 2.65. The van der Waals surface area contributed by atoms with Gasteiger partial charge >= 0.3 is 0 Å². The van der Waals surface area contributed by atoms with Gasteiger partial charge in [0.2, 0.25) is 0 Å². The van der Waals surface area contributed by atoms with E-state index in [9.17, 15) is 0 Å². The number of nitrogens with zero attached hydrogens (tertiary/aromatic N) is 2. The summed E-state index contributed by atoms with van der Waals surface area (Å²) in [6.07, 6.45) is 3.66. The molecule has 5 heteroatoms. The zero-order valence-corrected chi connectivity index (χ0v) is 16.9. The number of anilines is 1. The molecule has 0 saturated carbocycles. The molecule has 2 aromatic carbocycles. The molecule has 132 valence electrons. The smallest absolute Gasteiger partial charge is 0.174 e. The van der Waals surface area contributed by atoms with E-state index in [1.807, 2.05) is 36.5 Å². The van der Waals surface area contributed by atoms with Crippen LogP contribution in [0.1, 0.15) is 16.7 Å². The number of hydrogen-bond acceptors (Lipinski definition) is 2. The lowest BCUT2D eigenvalue weighted by Gasteiger charge is -2.26. The molecule has 26 heavy (non-hydrogen) atoms. The van der Waals surface area contributed by atoms with Gasteiger partial charge in [-0.1, -0.05) is 51.8 Å². The summed E-state index contributed by atoms with van der Waals surface area (Å²) in [5.41, 5.74) is 4.57. The number of aromatic nitrogens is 1. The molecule has 0 unspecified atom stereocenters. The van der Waals surface area contributed by atoms with Crippen molar-refractivity contribution in [2.24, 2.45) is 0 Å². The second-order valence-corrected chi connectivity index (χ2v) is 7.44. The van der Waals surface area contributed by atoms with Crippen molar-refractivity contribution in [2.75, 3.05) is 5.32 Å². The lowest BCUT2D eigenvalue weighted by molar-refractivity contribution is 0.412. The second-order valence-electron chi connectivity index (χ2n) is 6.14. The van der Waals surface area contributed by atoms with Gasteiger partial charge in [-0.2, -0.15) is 0 Å². The van der Waals surface area contributed by atoms with Crippen molar-refractivity contribution in [2.45, 2.75) is 20.0 Å². The number of pyridine rings is 1. The number of hydrogen-bond donors (Lipinski definition) is 1. The van der Waals surface area contributed by atoms with Crippen molar-refractivity contribution in [1.29, 1.82) is 0 Å². The highest BCUT2D eigenvalue weighted by atomic mass is 79.9. The van der Waals surface area contributed by atoms with Crippen molar-refractivity contribution < 1.29 is 0 Å². The molecule has 0 atom stereocenters. The van der Waals surface area contributed by atoms with E-state index in [-0.39, 0.29) is 0 Å². The first-order chi connectivity index (χ1) is 12.6. The van der Waals surface area contributed by atoms with Crippen LogP contribution >= 0.6 is 28.1 Å². The summed E-state index contributed by atoms with van der Waals surface area (Å²) in [6.45, 7) is 3.53. The monoisotopic (exact) mass is 425 g/mol. The third-order valence-electron chi connectivity index (χ3n) is 3.97. The van der Waals surface area contributed by atoms with E-state index in [1.165, 1.54) is 11.1 Å². The van der Waals surface area contributed by atoms with Crippen molar-refractivity contribution in [3.8, 4) is 0 Å². The summed E-state index contributed by atoms with van der Waals surface area (Å²) >= 11 is 9.15. The van der Waals surface area contributed by atoms with Gasteiger partial charge in [0.15, 0.2) is 5.11 Å². The first-order valence-corrected chi connectivity index (χ1v) is 9.56. The molecule has 0 aliphatic carbocycles. The van der Waals surface area contributed by atoms with Crippen LogP contribution < -0.4 is 5.32 Å². The Morgan fingerprint density at radius 3 is 2.35 bits per heavy atom. The highest BCUT2D eigenvalue weighted by molar-refractivity contribution is 9.10. The zero-order valence-electron chi connectivity index (χ0n) is 14.5. The van der Waals surface area contributed by atoms with Gasteiger partial charge in [-0.3, -0.25) is 4.98 Å². The van der Waals surface area contributed by atoms with Crippen LogP contribution in [0.2, 0.25) is 0 Å². The lowest BCUT2D eigenvalue weighted by atomic mass is 10.1. The number of nitrogens with one attached hydrogen (secondary N) is 1. The summed E-state index contributed by atoms with van der Waals surface area (Å²) in [6, 6.07) is 20.6. The van der Waals surface area contributed by atoms with Gasteiger partial charge in [-0.05, 0) is 60.6 Å². The first kappa shape index (κ1) is 18.5. The summed E-state index contributed by atoms with van der Waals surface area (Å²) < 4.78 is 1.04. The van der Waals surface area contributed by atoms with E-state index in [2.05, 4.69) is 68.4 Å². The molecule has 1 heterocycles. The minimum absolute atomic E-state index is 0.691. The molecule has 0 bridgehead atoms. The van der Waals surface area contributed by atoms with E-state index >= 15 is 0 Å². The van der Waals surface area contributed by atoms with Crippen molar-refractivity contribution in [3.05, 3.63) is 94.2 Å². The number of halogens is 1. The predicted molar refractivity (Wildman–Crippen MR) is 115 cm³/mol. The summed E-state index contributed by atoms with van der Waals surface area (Å²) in [4.78, 5) is 6.37. The normalized spacial score (nSPS) is 10.4. The number of thiocarbonyl (C=S) groups is 1. The van der Waals surface area contributed by atoms with Gasteiger partial charge in [-0.25, -0.2) is 0 Å². The number of benzene rings is 2. The van der Waals surface area contributed by atoms with E-state index in [0.717, 1.165) is 22.3 Å². The van der Waals surface area contributed by atoms with Crippen LogP contribution in [-0.2, 0) is 13.1 Å². The molecule has 0 fully saturated rings. The number of aryl methyl sites for hydroxylation is 1. The van der Waals surface area contributed by atoms with E-state index in [4.69, 9.17) is 12.2 Å². The Morgan fingerprint density at radius 1 is 1.00 bits per heavy atom. The van der Waals surface area contributed by atoms with E-state index in [0.29, 0.717) is 11.7 Å². The minimum Gasteiger partial charge on any atom is -0.340 e. The van der Waals surface area contributed by atoms with Gasteiger partial charge in [0.25, 0.3) is 0 Å². The third kappa shape index (κ3) is 5.38. The highest BCUT2D eigenvalue weighted by Crippen LogP contribution is 2.17. The van der Waals surface area contributed by atoms with Gasteiger partial charge in [0.1, 0.15) is 0 Å². The van der Waals surface area contributed by atoms with Crippen LogP contribution in [0, 0.1) is 6.92 Å². The predicted octanol–water partition coefficient (Wildman–Crippen LogP) is 5.55. The molecule has 0 aliphatic heterocycles. The van der Waals surface area contributed by atoms with Gasteiger partial charge in [-0.15, -0.1) is 0 Å². The molecule has 0 aliphatic rings. The maximum Gasteiger partial charge on any atom is 0.174 e. The molecule has 0 spiro atoms. The van der Waals surface area contributed by atoms with E-state index in [1.54, 1.807) is 6.20 Å². The first-order valence-electron chi connectivity index (χ1n) is 8.36. The summed E-state index contributed by atoms with van der Waals surface area (Å²) in [7, 11) is 0. The van der Waals surface area contributed by atoms with Crippen LogP contribution in [0.15, 0.2) is 77.5 Å².